The van der Waals surface area contributed by atoms with Crippen LogP contribution in [0.15, 0.2) is 0 Å². The second kappa shape index (κ2) is 8.83. The van der Waals surface area contributed by atoms with Gasteiger partial charge in [-0.1, -0.05) is 6.92 Å². The normalized spacial score (nSPS) is 22.2. The van der Waals surface area contributed by atoms with Crippen LogP contribution >= 0.6 is 0 Å². The van der Waals surface area contributed by atoms with Gasteiger partial charge >= 0.3 is 0 Å². The number of nitrogens with one attached hydrogen (secondary N) is 1. The average molecular weight is 246 g/mol. The molecule has 1 aliphatic heterocycles. The van der Waals surface area contributed by atoms with Crippen LogP contribution in [0, 0.1) is 0 Å². The Labute approximate surface area is 104 Å². The summed E-state index contributed by atoms with van der Waals surface area (Å²) in [5.41, 5.74) is 0. The van der Waals surface area contributed by atoms with Crippen LogP contribution in [0.3, 0.4) is 0 Å². The summed E-state index contributed by atoms with van der Waals surface area (Å²) in [7, 11) is 1.64. The number of hydrogen-bond acceptors (Lipinski definition) is 5. The van der Waals surface area contributed by atoms with Gasteiger partial charge in [0.25, 0.3) is 0 Å². The Kier molecular flexibility index (Phi) is 7.72. The molecule has 0 amide bonds. The molecule has 1 aliphatic rings. The molecular weight excluding hydrogens is 220 g/mol. The molecule has 1 rings (SSSR count). The molecule has 5 heteroatoms. The Morgan fingerprint density at radius 3 is 2.88 bits per heavy atom. The molecule has 0 spiro atoms. The van der Waals surface area contributed by atoms with Crippen LogP contribution in [0.2, 0.25) is 0 Å². The molecule has 5 nitrogen and oxygen atoms in total. The fraction of sp³-hybridized carbons (Fsp3) is 1.00. The monoisotopic (exact) mass is 246 g/mol. The van der Waals surface area contributed by atoms with Gasteiger partial charge in [0.05, 0.1) is 25.9 Å². The minimum absolute atomic E-state index is 0.389. The lowest BCUT2D eigenvalue weighted by atomic mass is 10.2. The molecule has 102 valence electrons. The summed E-state index contributed by atoms with van der Waals surface area (Å²) >= 11 is 0. The Bertz CT molecular complexity index is 187. The molecule has 1 heterocycles. The van der Waals surface area contributed by atoms with E-state index in [2.05, 4.69) is 17.1 Å². The van der Waals surface area contributed by atoms with Crippen LogP contribution in [0.5, 0.6) is 0 Å². The van der Waals surface area contributed by atoms with E-state index in [1.165, 1.54) is 6.42 Å². The summed E-state index contributed by atoms with van der Waals surface area (Å²) in [6.07, 6.45) is 0.762. The van der Waals surface area contributed by atoms with Gasteiger partial charge < -0.3 is 19.9 Å². The fourth-order valence-corrected chi connectivity index (χ4v) is 2.17. The molecule has 0 radical (unpaired) electrons. The van der Waals surface area contributed by atoms with Gasteiger partial charge in [0.2, 0.25) is 0 Å². The van der Waals surface area contributed by atoms with Crippen molar-refractivity contribution >= 4 is 0 Å². The van der Waals surface area contributed by atoms with Crippen LogP contribution in [0.25, 0.3) is 0 Å². The van der Waals surface area contributed by atoms with E-state index in [1.54, 1.807) is 7.11 Å². The number of methoxy groups -OCH3 is 1. The molecule has 0 aliphatic carbocycles. The van der Waals surface area contributed by atoms with Crippen LogP contribution in [0.1, 0.15) is 13.3 Å². The second-order valence-corrected chi connectivity index (χ2v) is 4.46. The summed E-state index contributed by atoms with van der Waals surface area (Å²) in [5.74, 6) is 0. The number of rotatable bonds is 9. The van der Waals surface area contributed by atoms with Crippen LogP contribution < -0.4 is 5.32 Å². The number of hydrogen-bond donors (Lipinski definition) is 2. The first kappa shape index (κ1) is 14.9. The molecule has 0 aromatic rings. The van der Waals surface area contributed by atoms with Crippen molar-refractivity contribution in [1.29, 1.82) is 0 Å². The number of nitrogens with zero attached hydrogens (tertiary/aromatic N) is 1. The fourth-order valence-electron chi connectivity index (χ4n) is 2.17. The highest BCUT2D eigenvalue weighted by Gasteiger charge is 2.22. The average Bonchev–Trinajstić information content (AvgIpc) is 2.85. The molecule has 0 saturated carbocycles. The summed E-state index contributed by atoms with van der Waals surface area (Å²) in [6, 6.07) is 0.564. The Hall–Kier alpha value is -0.200. The van der Waals surface area contributed by atoms with Crippen molar-refractivity contribution in [2.24, 2.45) is 0 Å². The summed E-state index contributed by atoms with van der Waals surface area (Å²) in [6.45, 7) is 7.43. The van der Waals surface area contributed by atoms with Crippen LogP contribution in [0.4, 0.5) is 0 Å². The predicted octanol–water partition coefficient (Wildman–Crippen LogP) is -0.306. The minimum Gasteiger partial charge on any atom is -0.389 e. The van der Waals surface area contributed by atoms with E-state index in [0.717, 1.165) is 19.6 Å². The zero-order chi connectivity index (χ0) is 12.5. The third-order valence-electron chi connectivity index (χ3n) is 3.14. The molecule has 2 atom stereocenters. The molecule has 1 fully saturated rings. The molecule has 0 aromatic heterocycles. The molecule has 17 heavy (non-hydrogen) atoms. The van der Waals surface area contributed by atoms with Crippen molar-refractivity contribution in [3.05, 3.63) is 0 Å². The molecule has 0 bridgehead atoms. The van der Waals surface area contributed by atoms with E-state index in [0.29, 0.717) is 32.4 Å². The predicted molar refractivity (Wildman–Crippen MR) is 67.2 cm³/mol. The zero-order valence-electron chi connectivity index (χ0n) is 11.0. The quantitative estimate of drug-likeness (QED) is 0.547. The van der Waals surface area contributed by atoms with Crippen molar-refractivity contribution in [2.45, 2.75) is 25.5 Å². The highest BCUT2D eigenvalue weighted by atomic mass is 16.5. The summed E-state index contributed by atoms with van der Waals surface area (Å²) in [4.78, 5) is 2.32. The smallest absolute Gasteiger partial charge is 0.0900 e. The van der Waals surface area contributed by atoms with Crippen molar-refractivity contribution in [3.8, 4) is 0 Å². The highest BCUT2D eigenvalue weighted by molar-refractivity contribution is 4.81. The maximum absolute atomic E-state index is 9.88. The molecule has 1 saturated heterocycles. The summed E-state index contributed by atoms with van der Waals surface area (Å²) in [5, 5.41) is 13.2. The van der Waals surface area contributed by atoms with Crippen molar-refractivity contribution < 1.29 is 14.6 Å². The van der Waals surface area contributed by atoms with E-state index in [9.17, 15) is 5.11 Å². The molecule has 2 N–H and O–H groups in total. The largest absolute Gasteiger partial charge is 0.389 e. The topological polar surface area (TPSA) is 54.0 Å². The summed E-state index contributed by atoms with van der Waals surface area (Å²) < 4.78 is 10.2. The SMILES string of the molecule is CCN(CC(O)COCCOC)C1CCNC1. The van der Waals surface area contributed by atoms with Crippen molar-refractivity contribution in [2.75, 3.05) is 53.1 Å². The second-order valence-electron chi connectivity index (χ2n) is 4.46. The maximum Gasteiger partial charge on any atom is 0.0900 e. The molecular formula is C12H26N2O3. The van der Waals surface area contributed by atoms with Gasteiger partial charge in [-0.25, -0.2) is 0 Å². The van der Waals surface area contributed by atoms with E-state index in [-0.39, 0.29) is 0 Å². The lowest BCUT2D eigenvalue weighted by molar-refractivity contribution is -0.00452. The first-order valence-electron chi connectivity index (χ1n) is 6.47. The lowest BCUT2D eigenvalue weighted by Crippen LogP contribution is -2.42. The lowest BCUT2D eigenvalue weighted by Gasteiger charge is -2.28. The van der Waals surface area contributed by atoms with E-state index in [4.69, 9.17) is 9.47 Å². The standard InChI is InChI=1S/C12H26N2O3/c1-3-14(11-4-5-13-8-11)9-12(15)10-17-7-6-16-2/h11-13,15H,3-10H2,1-2H3. The van der Waals surface area contributed by atoms with Gasteiger partial charge in [-0.3, -0.25) is 4.90 Å². The molecule has 2 unspecified atom stereocenters. The van der Waals surface area contributed by atoms with Gasteiger partial charge in [-0.05, 0) is 19.5 Å². The van der Waals surface area contributed by atoms with Crippen LogP contribution in [-0.4, -0.2) is 75.3 Å². The Morgan fingerprint density at radius 2 is 2.29 bits per heavy atom. The van der Waals surface area contributed by atoms with Crippen molar-refractivity contribution in [1.82, 2.24) is 10.2 Å². The number of aliphatic hydroxyl groups excluding tert-OH is 1. The first-order valence-corrected chi connectivity index (χ1v) is 6.47. The van der Waals surface area contributed by atoms with Crippen molar-refractivity contribution in [3.63, 3.8) is 0 Å². The van der Waals surface area contributed by atoms with Gasteiger partial charge in [-0.15, -0.1) is 0 Å². The number of likely N-dealkylation sites (N-methyl/N-ethyl adjacent to an activating group) is 1. The third kappa shape index (κ3) is 5.79. The third-order valence-corrected chi connectivity index (χ3v) is 3.14. The maximum atomic E-state index is 9.88. The molecule has 0 aromatic carbocycles. The van der Waals surface area contributed by atoms with E-state index in [1.807, 2.05) is 0 Å². The Morgan fingerprint density at radius 1 is 1.47 bits per heavy atom. The van der Waals surface area contributed by atoms with Gasteiger partial charge in [0, 0.05) is 26.2 Å². The Balaban J connectivity index is 2.15. The number of ether oxygens (including phenoxy) is 2. The number of aliphatic hydroxyl groups is 1. The van der Waals surface area contributed by atoms with E-state index >= 15 is 0 Å². The van der Waals surface area contributed by atoms with Gasteiger partial charge in [-0.2, -0.15) is 0 Å². The first-order chi connectivity index (χ1) is 8.27. The zero-order valence-corrected chi connectivity index (χ0v) is 11.0. The minimum atomic E-state index is -0.410. The highest BCUT2D eigenvalue weighted by Crippen LogP contribution is 2.08. The van der Waals surface area contributed by atoms with Gasteiger partial charge in [0.15, 0.2) is 0 Å². The van der Waals surface area contributed by atoms with E-state index < -0.39 is 6.10 Å². The van der Waals surface area contributed by atoms with Crippen LogP contribution in [-0.2, 0) is 9.47 Å². The van der Waals surface area contributed by atoms with Gasteiger partial charge in [0.1, 0.15) is 0 Å².